The van der Waals surface area contributed by atoms with Crippen molar-refractivity contribution in [2.24, 2.45) is 7.05 Å². The van der Waals surface area contributed by atoms with Crippen LogP contribution in [0.25, 0.3) is 16.8 Å². The van der Waals surface area contributed by atoms with E-state index in [9.17, 15) is 14.4 Å². The van der Waals surface area contributed by atoms with Crippen LogP contribution in [0.3, 0.4) is 0 Å². The van der Waals surface area contributed by atoms with Crippen molar-refractivity contribution in [2.75, 3.05) is 30.5 Å². The number of amides is 3. The van der Waals surface area contributed by atoms with E-state index in [0.717, 1.165) is 16.7 Å². The summed E-state index contributed by atoms with van der Waals surface area (Å²) in [6.07, 6.45) is 1.69. The molecular weight excluding hydrogens is 498 g/mol. The van der Waals surface area contributed by atoms with Crippen molar-refractivity contribution < 1.29 is 14.3 Å². The van der Waals surface area contributed by atoms with Gasteiger partial charge in [-0.05, 0) is 66.9 Å². The van der Waals surface area contributed by atoms with Gasteiger partial charge in [0.15, 0.2) is 0 Å². The Bertz CT molecular complexity index is 1620. The quantitative estimate of drug-likeness (QED) is 0.412. The van der Waals surface area contributed by atoms with Gasteiger partial charge in [-0.15, -0.1) is 5.10 Å². The highest BCUT2D eigenvalue weighted by Crippen LogP contribution is 2.34. The first kappa shape index (κ1) is 25.7. The van der Waals surface area contributed by atoms with Crippen molar-refractivity contribution in [1.29, 1.82) is 0 Å². The van der Waals surface area contributed by atoms with E-state index in [2.05, 4.69) is 15.4 Å². The topological polar surface area (TPSA) is 115 Å². The van der Waals surface area contributed by atoms with Gasteiger partial charge in [-0.3, -0.25) is 14.6 Å². The largest absolute Gasteiger partial charge is 0.467 e. The lowest BCUT2D eigenvalue weighted by Gasteiger charge is -2.22. The monoisotopic (exact) mass is 527 g/mol. The Morgan fingerprint density at radius 1 is 1.08 bits per heavy atom. The fourth-order valence-corrected chi connectivity index (χ4v) is 4.92. The lowest BCUT2D eigenvalue weighted by Crippen LogP contribution is -2.34. The van der Waals surface area contributed by atoms with Gasteiger partial charge >= 0.3 is 17.7 Å². The van der Waals surface area contributed by atoms with Crippen LogP contribution < -0.4 is 25.5 Å². The second kappa shape index (κ2) is 10.1. The molecule has 1 fully saturated rings. The smallest absolute Gasteiger partial charge is 0.353 e. The highest BCUT2D eigenvalue weighted by molar-refractivity contribution is 6.07. The molecule has 0 aliphatic carbocycles. The van der Waals surface area contributed by atoms with E-state index in [1.165, 1.54) is 16.4 Å². The summed E-state index contributed by atoms with van der Waals surface area (Å²) in [5.41, 5.74) is 4.12. The van der Waals surface area contributed by atoms with Crippen molar-refractivity contribution in [3.8, 4) is 22.8 Å². The van der Waals surface area contributed by atoms with E-state index in [4.69, 9.17) is 4.74 Å². The van der Waals surface area contributed by atoms with Crippen LogP contribution >= 0.6 is 0 Å². The Labute approximate surface area is 225 Å². The Morgan fingerprint density at radius 2 is 1.82 bits per heavy atom. The first-order valence-electron chi connectivity index (χ1n) is 12.4. The van der Waals surface area contributed by atoms with Gasteiger partial charge in [0.1, 0.15) is 5.82 Å². The summed E-state index contributed by atoms with van der Waals surface area (Å²) >= 11 is 0. The normalized spacial score (nSPS) is 15.1. The maximum absolute atomic E-state index is 13.6. The molecule has 1 aliphatic rings. The second-order valence-corrected chi connectivity index (χ2v) is 9.32. The number of ether oxygens (including phenoxy) is 1. The van der Waals surface area contributed by atoms with Crippen molar-refractivity contribution >= 4 is 23.4 Å². The van der Waals surface area contributed by atoms with E-state index in [0.29, 0.717) is 29.3 Å². The molecule has 3 amide bonds. The summed E-state index contributed by atoms with van der Waals surface area (Å²) in [5, 5.41) is 6.71. The minimum absolute atomic E-state index is 0.130. The minimum Gasteiger partial charge on any atom is -0.467 e. The molecule has 39 heavy (non-hydrogen) atoms. The molecule has 2 aromatic carbocycles. The number of hydrogen-bond donors (Lipinski definition) is 1. The number of hydrogen-bond acceptors (Lipinski definition) is 6. The molecule has 1 aliphatic heterocycles. The predicted molar refractivity (Wildman–Crippen MR) is 148 cm³/mol. The van der Waals surface area contributed by atoms with Crippen LogP contribution in [0.4, 0.5) is 16.3 Å². The van der Waals surface area contributed by atoms with Crippen LogP contribution in [0, 0.1) is 6.92 Å². The molecule has 0 bridgehead atoms. The molecular formula is C28H29N7O4. The van der Waals surface area contributed by atoms with E-state index in [-0.39, 0.29) is 29.7 Å². The van der Waals surface area contributed by atoms with E-state index in [1.54, 1.807) is 48.3 Å². The molecule has 1 atom stereocenters. The highest BCUT2D eigenvalue weighted by atomic mass is 16.5. The average Bonchev–Trinajstić information content (AvgIpc) is 3.41. The molecule has 11 heteroatoms. The van der Waals surface area contributed by atoms with Gasteiger partial charge in [0.25, 0.3) is 5.91 Å². The van der Waals surface area contributed by atoms with Crippen molar-refractivity contribution in [3.05, 3.63) is 82.4 Å². The number of anilines is 2. The highest BCUT2D eigenvalue weighted by Gasteiger charge is 2.38. The lowest BCUT2D eigenvalue weighted by molar-refractivity contribution is 0.0963. The fraction of sp³-hybridized carbons (Fsp3) is 0.250. The minimum atomic E-state index is -0.311. The number of carbonyl (C=O) groups is 2. The first-order valence-corrected chi connectivity index (χ1v) is 12.4. The van der Waals surface area contributed by atoms with Crippen LogP contribution in [-0.2, 0) is 7.05 Å². The van der Waals surface area contributed by atoms with Crippen LogP contribution in [0.15, 0.2) is 65.6 Å². The maximum Gasteiger partial charge on any atom is 0.353 e. The van der Waals surface area contributed by atoms with Gasteiger partial charge in [-0.2, -0.15) is 0 Å². The van der Waals surface area contributed by atoms with Gasteiger partial charge in [0.2, 0.25) is 0 Å². The Balaban J connectivity index is 1.46. The number of carbonyl (C=O) groups excluding carboxylic acids is 2. The predicted octanol–water partition coefficient (Wildman–Crippen LogP) is 3.14. The molecule has 0 saturated carbocycles. The van der Waals surface area contributed by atoms with Crippen LogP contribution in [0.5, 0.6) is 6.01 Å². The molecule has 5 rings (SSSR count). The molecule has 0 unspecified atom stereocenters. The molecule has 1 saturated heterocycles. The summed E-state index contributed by atoms with van der Waals surface area (Å²) < 4.78 is 7.87. The molecule has 4 aromatic rings. The summed E-state index contributed by atoms with van der Waals surface area (Å²) in [6.45, 7) is 4.35. The first-order chi connectivity index (χ1) is 18.7. The van der Waals surface area contributed by atoms with Crippen LogP contribution in [0.1, 0.15) is 22.8 Å². The zero-order valence-electron chi connectivity index (χ0n) is 22.4. The summed E-state index contributed by atoms with van der Waals surface area (Å²) in [5.74, 6) is 0.361. The van der Waals surface area contributed by atoms with Crippen LogP contribution in [0.2, 0.25) is 0 Å². The number of rotatable bonds is 6. The third-order valence-corrected chi connectivity index (χ3v) is 6.89. The molecule has 0 spiro atoms. The van der Waals surface area contributed by atoms with Gasteiger partial charge in [0.05, 0.1) is 18.8 Å². The van der Waals surface area contributed by atoms with E-state index < -0.39 is 0 Å². The molecule has 2 aromatic heterocycles. The lowest BCUT2D eigenvalue weighted by atomic mass is 10.0. The van der Waals surface area contributed by atoms with E-state index >= 15 is 0 Å². The van der Waals surface area contributed by atoms with E-state index in [1.807, 2.05) is 50.2 Å². The van der Waals surface area contributed by atoms with Crippen molar-refractivity contribution in [2.45, 2.75) is 19.9 Å². The number of nitrogens with one attached hydrogen (secondary N) is 1. The van der Waals surface area contributed by atoms with Gasteiger partial charge in [0, 0.05) is 38.1 Å². The fourth-order valence-electron chi connectivity index (χ4n) is 4.92. The average molecular weight is 528 g/mol. The van der Waals surface area contributed by atoms with Crippen molar-refractivity contribution in [3.63, 3.8) is 0 Å². The molecule has 11 nitrogen and oxygen atoms in total. The third-order valence-electron chi connectivity index (χ3n) is 6.89. The molecule has 200 valence electrons. The van der Waals surface area contributed by atoms with Gasteiger partial charge in [-0.1, -0.05) is 18.2 Å². The summed E-state index contributed by atoms with van der Waals surface area (Å²) in [6, 6.07) is 16.3. The number of nitrogens with zero attached hydrogens (tertiary/aromatic N) is 6. The number of pyridine rings is 1. The summed E-state index contributed by atoms with van der Waals surface area (Å²) in [4.78, 5) is 46.2. The van der Waals surface area contributed by atoms with Crippen LogP contribution in [-0.4, -0.2) is 58.0 Å². The third kappa shape index (κ3) is 4.41. The summed E-state index contributed by atoms with van der Waals surface area (Å²) in [7, 11) is 4.61. The Kier molecular flexibility index (Phi) is 6.65. The number of aryl methyl sites for hydroxylation is 1. The molecule has 3 heterocycles. The van der Waals surface area contributed by atoms with Gasteiger partial charge in [-0.25, -0.2) is 23.8 Å². The Hall–Kier alpha value is -4.93. The number of benzene rings is 2. The van der Waals surface area contributed by atoms with Crippen molar-refractivity contribution in [1.82, 2.24) is 24.6 Å². The molecule has 0 radical (unpaired) electrons. The zero-order chi connectivity index (χ0) is 27.8. The Morgan fingerprint density at radius 3 is 2.51 bits per heavy atom. The number of urea groups is 1. The molecule has 1 N–H and O–H groups in total. The second-order valence-electron chi connectivity index (χ2n) is 9.32. The maximum atomic E-state index is 13.6. The number of aromatic nitrogens is 4. The number of methoxy groups -OCH3 is 1. The SMILES string of the molecule is CNC(=O)c1cccc(N2C(=O)N(c3nccc(-c4ccc(-n5c(OC)nn(C)c5=O)cc4)c3C)C[C@@H]2C)c1. The standard InChI is InChI=1S/C28H29N7O4/c1-17-16-33(28(38)34(17)22-8-6-7-20(15-22)25(36)29-3)24-18(2)23(13-14-30-24)19-9-11-21(12-10-19)35-26(39-5)31-32(4)27(35)37/h6-15,17H,16H2,1-5H3,(H,29,36)/t17-/m0/s1. The zero-order valence-corrected chi connectivity index (χ0v) is 22.4. The van der Waals surface area contributed by atoms with Gasteiger partial charge < -0.3 is 10.1 Å².